The molecule has 0 radical (unpaired) electrons. The van der Waals surface area contributed by atoms with E-state index in [9.17, 15) is 42.0 Å². The summed E-state index contributed by atoms with van der Waals surface area (Å²) in [5, 5.41) is 81.3. The van der Waals surface area contributed by atoms with Crippen molar-refractivity contribution in [3.8, 4) is 57.1 Å². The van der Waals surface area contributed by atoms with E-state index in [2.05, 4.69) is 19.9 Å². The highest BCUT2D eigenvalue weighted by molar-refractivity contribution is 7.88. The summed E-state index contributed by atoms with van der Waals surface area (Å²) in [6.07, 6.45) is 0. The Balaban J connectivity index is 1.36. The van der Waals surface area contributed by atoms with Gasteiger partial charge in [-0.1, -0.05) is 127 Å². The zero-order valence-electron chi connectivity index (χ0n) is 39.9. The molecule has 0 aliphatic carbocycles. The van der Waals surface area contributed by atoms with Crippen molar-refractivity contribution in [2.75, 3.05) is 0 Å². The number of nitrogens with zero attached hydrogens (tertiary/aromatic N) is 8. The lowest BCUT2D eigenvalue weighted by Gasteiger charge is -2.22. The molecule has 0 heterocycles. The number of benzene rings is 10. The van der Waals surface area contributed by atoms with Crippen molar-refractivity contribution >= 4 is 106 Å². The topological polar surface area (TPSA) is 367 Å². The zero-order valence-corrected chi connectivity index (χ0v) is 43.2. The number of hydrogen-bond acceptors (Lipinski definition) is 20. The highest BCUT2D eigenvalue weighted by atomic mass is 32.2. The Morgan fingerprint density at radius 3 is 0.887 bits per heavy atom. The van der Waals surface area contributed by atoms with Gasteiger partial charge in [0.2, 0.25) is 56.1 Å². The summed E-state index contributed by atoms with van der Waals surface area (Å²) in [6, 6.07) is 30.4. The molecule has 4 N–H and O–H groups in total. The van der Waals surface area contributed by atoms with E-state index < -0.39 is 134 Å². The molecular formula is C52H30N8O16S4+4. The molecule has 24 nitrogen and oxygen atoms in total. The van der Waals surface area contributed by atoms with Gasteiger partial charge >= 0.3 is 63.2 Å². The predicted molar refractivity (Wildman–Crippen MR) is 285 cm³/mol. The standard InChI is InChI=1S/C52H26N8O16S4/c53-57-37-23-42(28-14-4-8-18-32(28)46(37)61)77(65,66)73-41-22-36(27-12-2-1-3-13-27)50(74-78(67,68)43-24-38(58-54)47(62)33-19-9-5-15-29(33)43)52(76-80(71,72)45-26-40(60-56)49(64)35-21-11-7-17-31(35)45)51(41)75-79(69,70)44-25-39(59-55)48(63)34-20-10-6-16-30(34)44/h1-26H/p+4. The van der Waals surface area contributed by atoms with Crippen molar-refractivity contribution in [2.45, 2.75) is 19.6 Å². The summed E-state index contributed by atoms with van der Waals surface area (Å²) in [4.78, 5) is 8.19. The van der Waals surface area contributed by atoms with E-state index >= 15 is 33.7 Å². The van der Waals surface area contributed by atoms with Crippen LogP contribution in [0.2, 0.25) is 0 Å². The SMILES string of the molecule is N#[N+]c1cc(S(=O)(=O)Oc2cc(-c3ccccc3)c(OS(=O)(=O)c3cc([N+]#N)c(O)c4ccccc34)c(OS(=O)(=O)c3cc([N+]#N)c(O)c4ccccc34)c2OS(=O)(=O)c2cc([N+]#N)c(O)c3ccccc23)c2ccccc2c1O. The maximum Gasteiger partial charge on any atom is 0.428 e. The first-order valence-electron chi connectivity index (χ1n) is 22.6. The molecule has 10 rings (SSSR count). The predicted octanol–water partition coefficient (Wildman–Crippen LogP) is 11.8. The number of aromatic hydroxyl groups is 4. The molecule has 0 aliphatic heterocycles. The minimum Gasteiger partial charge on any atom is -0.501 e. The molecular weight excluding hydrogens is 1120 g/mol. The van der Waals surface area contributed by atoms with Crippen molar-refractivity contribution in [2.24, 2.45) is 0 Å². The molecule has 0 bridgehead atoms. The van der Waals surface area contributed by atoms with Gasteiger partial charge in [0.15, 0.2) is 31.4 Å². The number of rotatable bonds is 13. The van der Waals surface area contributed by atoms with Crippen LogP contribution in [-0.2, 0) is 40.5 Å². The van der Waals surface area contributed by atoms with Crippen LogP contribution in [0.4, 0.5) is 22.7 Å². The van der Waals surface area contributed by atoms with Gasteiger partial charge in [-0.2, -0.15) is 33.7 Å². The van der Waals surface area contributed by atoms with E-state index in [0.717, 1.165) is 12.1 Å². The summed E-state index contributed by atoms with van der Waals surface area (Å²) in [6.45, 7) is 0. The van der Waals surface area contributed by atoms with Gasteiger partial charge in [0, 0.05) is 48.7 Å². The van der Waals surface area contributed by atoms with Crippen LogP contribution in [0.15, 0.2) is 177 Å². The van der Waals surface area contributed by atoms with Gasteiger partial charge in [-0.05, 0) is 11.6 Å². The molecule has 0 fully saturated rings. The van der Waals surface area contributed by atoms with Gasteiger partial charge in [-0.25, -0.2) is 0 Å². The number of phenolic OH excluding ortho intramolecular Hbond substituents is 4. The van der Waals surface area contributed by atoms with Gasteiger partial charge in [-0.3, -0.25) is 0 Å². The molecule has 10 aromatic carbocycles. The first-order chi connectivity index (χ1) is 38.1. The lowest BCUT2D eigenvalue weighted by atomic mass is 10.0. The number of fused-ring (bicyclic) bond motifs is 4. The molecule has 0 saturated heterocycles. The van der Waals surface area contributed by atoms with Crippen molar-refractivity contribution < 1.29 is 70.8 Å². The van der Waals surface area contributed by atoms with Crippen LogP contribution in [0, 0.1) is 21.6 Å². The highest BCUT2D eigenvalue weighted by Crippen LogP contribution is 2.55. The van der Waals surface area contributed by atoms with Crippen LogP contribution < -0.4 is 16.7 Å². The fraction of sp³-hybridized carbons (Fsp3) is 0. The number of phenols is 4. The van der Waals surface area contributed by atoms with Crippen molar-refractivity contribution in [3.63, 3.8) is 0 Å². The Labute approximate surface area is 450 Å². The van der Waals surface area contributed by atoms with Crippen LogP contribution in [0.25, 0.3) is 74.1 Å². The van der Waals surface area contributed by atoms with Crippen LogP contribution in [0.5, 0.6) is 46.0 Å². The van der Waals surface area contributed by atoms with Crippen LogP contribution in [-0.4, -0.2) is 54.1 Å². The van der Waals surface area contributed by atoms with E-state index in [1.165, 1.54) is 115 Å². The summed E-state index contributed by atoms with van der Waals surface area (Å²) >= 11 is 0. The summed E-state index contributed by atoms with van der Waals surface area (Å²) in [5.74, 6) is -8.85. The lowest BCUT2D eigenvalue weighted by molar-refractivity contribution is 0.414. The van der Waals surface area contributed by atoms with Gasteiger partial charge in [-0.15, -0.1) is 0 Å². The van der Waals surface area contributed by atoms with Gasteiger partial charge in [0.25, 0.3) is 0 Å². The van der Waals surface area contributed by atoms with Crippen LogP contribution >= 0.6 is 0 Å². The van der Waals surface area contributed by atoms with Gasteiger partial charge < -0.3 is 37.2 Å². The second kappa shape index (κ2) is 19.6. The minimum absolute atomic E-state index is 0.176. The quantitative estimate of drug-likeness (QED) is 0.0615. The fourth-order valence-electron chi connectivity index (χ4n) is 8.74. The normalized spacial score (nSPS) is 11.8. The summed E-state index contributed by atoms with van der Waals surface area (Å²) < 4.78 is 145. The maximum absolute atomic E-state index is 15.3. The molecule has 0 amide bonds. The lowest BCUT2D eigenvalue weighted by Crippen LogP contribution is -2.19. The van der Waals surface area contributed by atoms with E-state index in [1.54, 1.807) is 0 Å². The van der Waals surface area contributed by atoms with Crippen LogP contribution in [0.1, 0.15) is 0 Å². The molecule has 28 heteroatoms. The second-order valence-corrected chi connectivity index (χ2v) is 23.0. The van der Waals surface area contributed by atoms with Crippen LogP contribution in [0.3, 0.4) is 0 Å². The molecule has 0 saturated carbocycles. The largest absolute Gasteiger partial charge is 0.501 e. The van der Waals surface area contributed by atoms with E-state index in [-0.39, 0.29) is 48.7 Å². The van der Waals surface area contributed by atoms with E-state index in [1.807, 2.05) is 0 Å². The molecule has 0 aromatic heterocycles. The monoisotopic (exact) mass is 1150 g/mol. The Hall–Kier alpha value is -10.9. The molecule has 0 atom stereocenters. The number of diazo groups is 4. The Morgan fingerprint density at radius 2 is 0.575 bits per heavy atom. The zero-order chi connectivity index (χ0) is 57.1. The minimum atomic E-state index is -5.80. The summed E-state index contributed by atoms with van der Waals surface area (Å²) in [7, 11) is -22.8. The van der Waals surface area contributed by atoms with Crippen molar-refractivity contribution in [1.82, 2.24) is 0 Å². The van der Waals surface area contributed by atoms with E-state index in [4.69, 9.17) is 16.7 Å². The van der Waals surface area contributed by atoms with Gasteiger partial charge in [0.05, 0.1) is 24.3 Å². The smallest absolute Gasteiger partial charge is 0.428 e. The molecule has 80 heavy (non-hydrogen) atoms. The molecule has 0 spiro atoms. The number of hydrogen-bond donors (Lipinski definition) is 4. The third-order valence-corrected chi connectivity index (χ3v) is 17.4. The Kier molecular flexibility index (Phi) is 12.9. The first kappa shape index (κ1) is 52.6. The molecule has 0 aliphatic rings. The highest BCUT2D eigenvalue weighted by Gasteiger charge is 2.41. The first-order valence-corrected chi connectivity index (χ1v) is 28.2. The molecule has 10 aromatic rings. The fourth-order valence-corrected chi connectivity index (χ4v) is 13.4. The maximum atomic E-state index is 15.3. The second-order valence-electron chi connectivity index (χ2n) is 17.0. The average molecular weight is 1150 g/mol. The van der Waals surface area contributed by atoms with Gasteiger partial charge in [0.1, 0.15) is 19.6 Å². The third kappa shape index (κ3) is 8.95. The summed E-state index contributed by atoms with van der Waals surface area (Å²) in [5.41, 5.74) is -3.86. The van der Waals surface area contributed by atoms with Crippen molar-refractivity contribution in [1.29, 1.82) is 21.6 Å². The van der Waals surface area contributed by atoms with Crippen molar-refractivity contribution in [3.05, 3.63) is 178 Å². The van der Waals surface area contributed by atoms with E-state index in [0.29, 0.717) is 30.3 Å². The molecule has 394 valence electrons. The average Bonchev–Trinajstić information content (AvgIpc) is 3.49. The third-order valence-electron chi connectivity index (χ3n) is 12.4. The Morgan fingerprint density at radius 1 is 0.312 bits per heavy atom. The Bertz CT molecular complexity index is 5020. The molecule has 0 unspecified atom stereocenters.